The predicted molar refractivity (Wildman–Crippen MR) is 83.4 cm³/mol. The average Bonchev–Trinajstić information content (AvgIpc) is 2.39. The van der Waals surface area contributed by atoms with Crippen LogP contribution >= 0.6 is 0 Å². The number of nitrogens with two attached hydrogens (primary N) is 2. The lowest BCUT2D eigenvalue weighted by Gasteiger charge is -2.42. The number of allylic oxidation sites excluding steroid dienone is 4. The summed E-state index contributed by atoms with van der Waals surface area (Å²) in [5, 5.41) is 0. The van der Waals surface area contributed by atoms with Crippen LogP contribution in [0.2, 0.25) is 0 Å². The SMILES string of the molecule is CC1(N)C=CC(C(C2=CCC(C)(N)C=C2)(C(F)(F)F)C(F)(F)F)=CC1. The van der Waals surface area contributed by atoms with Crippen LogP contribution in [0.3, 0.4) is 0 Å². The van der Waals surface area contributed by atoms with Crippen molar-refractivity contribution in [1.29, 1.82) is 0 Å². The van der Waals surface area contributed by atoms with Crippen LogP contribution in [-0.2, 0) is 0 Å². The second-order valence-corrected chi connectivity index (χ2v) is 7.15. The Morgan fingerprint density at radius 2 is 1.08 bits per heavy atom. The van der Waals surface area contributed by atoms with Gasteiger partial charge in [-0.2, -0.15) is 26.3 Å². The maximum absolute atomic E-state index is 13.9. The topological polar surface area (TPSA) is 52.0 Å². The fourth-order valence-corrected chi connectivity index (χ4v) is 3.03. The molecule has 140 valence electrons. The summed E-state index contributed by atoms with van der Waals surface area (Å²) in [6.07, 6.45) is -5.56. The van der Waals surface area contributed by atoms with E-state index in [1.54, 1.807) is 0 Å². The highest BCUT2D eigenvalue weighted by molar-refractivity contribution is 5.49. The number of hydrogen-bond acceptors (Lipinski definition) is 2. The van der Waals surface area contributed by atoms with Gasteiger partial charge in [-0.3, -0.25) is 0 Å². The predicted octanol–water partition coefficient (Wildman–Crippen LogP) is 4.30. The maximum atomic E-state index is 13.9. The summed E-state index contributed by atoms with van der Waals surface area (Å²) in [7, 11) is 0. The van der Waals surface area contributed by atoms with Crippen LogP contribution < -0.4 is 11.5 Å². The van der Waals surface area contributed by atoms with E-state index in [4.69, 9.17) is 11.5 Å². The van der Waals surface area contributed by atoms with Crippen molar-refractivity contribution in [2.75, 3.05) is 0 Å². The normalized spacial score (nSPS) is 31.0. The van der Waals surface area contributed by atoms with Crippen LogP contribution in [-0.4, -0.2) is 23.4 Å². The minimum Gasteiger partial charge on any atom is -0.322 e. The first-order valence-corrected chi connectivity index (χ1v) is 7.63. The monoisotopic (exact) mass is 366 g/mol. The fourth-order valence-electron chi connectivity index (χ4n) is 3.03. The van der Waals surface area contributed by atoms with Crippen LogP contribution in [0, 0.1) is 5.41 Å². The minimum atomic E-state index is -5.58. The molecule has 0 amide bonds. The average molecular weight is 366 g/mol. The highest BCUT2D eigenvalue weighted by Crippen LogP contribution is 2.61. The lowest BCUT2D eigenvalue weighted by atomic mass is 9.67. The van der Waals surface area contributed by atoms with Gasteiger partial charge in [-0.1, -0.05) is 36.5 Å². The van der Waals surface area contributed by atoms with Gasteiger partial charge in [0.05, 0.1) is 0 Å². The number of hydrogen-bond donors (Lipinski definition) is 2. The smallest absolute Gasteiger partial charge is 0.322 e. The molecule has 2 aliphatic rings. The Morgan fingerprint density at radius 3 is 1.28 bits per heavy atom. The summed E-state index contributed by atoms with van der Waals surface area (Å²) >= 11 is 0. The van der Waals surface area contributed by atoms with E-state index in [0.29, 0.717) is 0 Å². The highest BCUT2D eigenvalue weighted by Gasteiger charge is 2.73. The number of alkyl halides is 6. The molecule has 0 spiro atoms. The molecule has 0 aliphatic heterocycles. The van der Waals surface area contributed by atoms with Crippen molar-refractivity contribution in [3.63, 3.8) is 0 Å². The Labute approximate surface area is 141 Å². The molecule has 2 rings (SSSR count). The zero-order chi connectivity index (χ0) is 19.3. The van der Waals surface area contributed by atoms with Gasteiger partial charge in [0.1, 0.15) is 0 Å². The minimum absolute atomic E-state index is 0.127. The Bertz CT molecular complexity index is 602. The van der Waals surface area contributed by atoms with Crippen molar-refractivity contribution < 1.29 is 26.3 Å². The van der Waals surface area contributed by atoms with Gasteiger partial charge in [-0.05, 0) is 37.8 Å². The Hall–Kier alpha value is -1.54. The first kappa shape index (κ1) is 19.8. The third-order valence-corrected chi connectivity index (χ3v) is 4.53. The quantitative estimate of drug-likeness (QED) is 0.716. The summed E-state index contributed by atoms with van der Waals surface area (Å²) in [6, 6.07) is 0. The molecule has 0 aromatic carbocycles. The van der Waals surface area contributed by atoms with Crippen LogP contribution in [0.5, 0.6) is 0 Å². The third kappa shape index (κ3) is 3.42. The van der Waals surface area contributed by atoms with E-state index in [0.717, 1.165) is 24.3 Å². The van der Waals surface area contributed by atoms with Gasteiger partial charge in [-0.25, -0.2) is 0 Å². The van der Waals surface area contributed by atoms with E-state index in [1.165, 1.54) is 26.0 Å². The molecule has 4 N–H and O–H groups in total. The van der Waals surface area contributed by atoms with Gasteiger partial charge in [0.2, 0.25) is 5.41 Å². The lowest BCUT2D eigenvalue weighted by molar-refractivity contribution is -0.308. The van der Waals surface area contributed by atoms with Crippen LogP contribution in [0.1, 0.15) is 26.7 Å². The number of halogens is 6. The van der Waals surface area contributed by atoms with Crippen molar-refractivity contribution in [1.82, 2.24) is 0 Å². The second-order valence-electron chi connectivity index (χ2n) is 7.15. The van der Waals surface area contributed by atoms with Crippen LogP contribution in [0.25, 0.3) is 0 Å². The van der Waals surface area contributed by atoms with Crippen LogP contribution in [0.15, 0.2) is 47.6 Å². The molecule has 0 fully saturated rings. The molecular formula is C17H20F6N2. The first-order chi connectivity index (χ1) is 11.1. The molecular weight excluding hydrogens is 346 g/mol. The van der Waals surface area contributed by atoms with E-state index in [9.17, 15) is 26.3 Å². The second kappa shape index (κ2) is 5.74. The molecule has 25 heavy (non-hydrogen) atoms. The van der Waals surface area contributed by atoms with Crippen molar-refractivity contribution >= 4 is 0 Å². The molecule has 0 saturated heterocycles. The van der Waals surface area contributed by atoms with E-state index >= 15 is 0 Å². The molecule has 8 heteroatoms. The molecule has 2 aliphatic carbocycles. The Balaban J connectivity index is 2.69. The number of rotatable bonds is 2. The molecule has 0 aromatic rings. The molecule has 2 atom stereocenters. The van der Waals surface area contributed by atoms with Gasteiger partial charge in [0.15, 0.2) is 0 Å². The summed E-state index contributed by atoms with van der Waals surface area (Å²) in [5.74, 6) is 0. The summed E-state index contributed by atoms with van der Waals surface area (Å²) in [4.78, 5) is 0. The molecule has 2 nitrogen and oxygen atoms in total. The van der Waals surface area contributed by atoms with Crippen molar-refractivity contribution in [2.24, 2.45) is 16.9 Å². The molecule has 0 heterocycles. The Morgan fingerprint density at radius 1 is 0.760 bits per heavy atom. The van der Waals surface area contributed by atoms with Crippen molar-refractivity contribution in [2.45, 2.75) is 50.1 Å². The summed E-state index contributed by atoms with van der Waals surface area (Å²) in [6.45, 7) is 3.05. The first-order valence-electron chi connectivity index (χ1n) is 7.63. The van der Waals surface area contributed by atoms with E-state index in [-0.39, 0.29) is 12.8 Å². The van der Waals surface area contributed by atoms with Gasteiger partial charge in [0, 0.05) is 11.1 Å². The van der Waals surface area contributed by atoms with Crippen molar-refractivity contribution in [3.05, 3.63) is 47.6 Å². The van der Waals surface area contributed by atoms with Gasteiger partial charge in [0.25, 0.3) is 0 Å². The lowest BCUT2D eigenvalue weighted by Crippen LogP contribution is -2.53. The van der Waals surface area contributed by atoms with Gasteiger partial charge < -0.3 is 11.5 Å². The third-order valence-electron chi connectivity index (χ3n) is 4.53. The summed E-state index contributed by atoms with van der Waals surface area (Å²) < 4.78 is 83.4. The zero-order valence-corrected chi connectivity index (χ0v) is 13.8. The van der Waals surface area contributed by atoms with E-state index < -0.39 is 40.0 Å². The van der Waals surface area contributed by atoms with E-state index in [2.05, 4.69) is 0 Å². The summed E-state index contributed by atoms with van der Waals surface area (Å²) in [5.41, 5.74) is 3.73. The molecule has 2 unspecified atom stereocenters. The van der Waals surface area contributed by atoms with E-state index in [1.807, 2.05) is 0 Å². The molecule has 0 aromatic heterocycles. The molecule has 0 saturated carbocycles. The zero-order valence-electron chi connectivity index (χ0n) is 13.8. The fraction of sp³-hybridized carbons (Fsp3) is 0.529. The Kier molecular flexibility index (Phi) is 4.54. The molecule has 0 radical (unpaired) electrons. The van der Waals surface area contributed by atoms with Gasteiger partial charge in [-0.15, -0.1) is 0 Å². The van der Waals surface area contributed by atoms with Crippen molar-refractivity contribution in [3.8, 4) is 0 Å². The molecule has 0 bridgehead atoms. The standard InChI is InChI=1S/C17H20F6N2/c1-13(24)7-3-11(4-8-13)15(16(18,19)20,17(21,22)23)12-5-9-14(2,25)10-6-12/h3-7,9H,8,10,24-25H2,1-2H3. The van der Waals surface area contributed by atoms with Gasteiger partial charge >= 0.3 is 12.4 Å². The largest absolute Gasteiger partial charge is 0.411 e. The highest BCUT2D eigenvalue weighted by atomic mass is 19.4. The van der Waals surface area contributed by atoms with Crippen LogP contribution in [0.4, 0.5) is 26.3 Å². The maximum Gasteiger partial charge on any atom is 0.411 e.